The summed E-state index contributed by atoms with van der Waals surface area (Å²) in [4.78, 5) is 13.4. The summed E-state index contributed by atoms with van der Waals surface area (Å²) in [7, 11) is 1.75. The van der Waals surface area contributed by atoms with E-state index in [9.17, 15) is 0 Å². The van der Waals surface area contributed by atoms with Gasteiger partial charge in [-0.3, -0.25) is 4.40 Å². The molecule has 144 valence electrons. The monoisotopic (exact) mass is 377 g/mol. The number of nitrogens with zero attached hydrogens (tertiary/aromatic N) is 6. The van der Waals surface area contributed by atoms with E-state index in [0.717, 1.165) is 54.0 Å². The summed E-state index contributed by atoms with van der Waals surface area (Å²) in [6.07, 6.45) is 12.8. The zero-order valence-electron chi connectivity index (χ0n) is 16.0. The van der Waals surface area contributed by atoms with Crippen molar-refractivity contribution in [2.75, 3.05) is 19.0 Å². The van der Waals surface area contributed by atoms with Crippen molar-refractivity contribution >= 4 is 17.2 Å². The zero-order valence-corrected chi connectivity index (χ0v) is 16.0. The fourth-order valence-electron chi connectivity index (χ4n) is 3.94. The molecule has 0 amide bonds. The third-order valence-corrected chi connectivity index (χ3v) is 5.50. The van der Waals surface area contributed by atoms with Gasteiger partial charge in [0.2, 0.25) is 11.7 Å². The number of rotatable bonds is 6. The molecular formula is C20H23N7O. The van der Waals surface area contributed by atoms with Gasteiger partial charge in [-0.1, -0.05) is 6.92 Å². The van der Waals surface area contributed by atoms with Crippen LogP contribution in [0.5, 0.6) is 0 Å². The molecule has 1 aliphatic carbocycles. The van der Waals surface area contributed by atoms with E-state index in [-0.39, 0.29) is 0 Å². The first-order chi connectivity index (χ1) is 13.7. The summed E-state index contributed by atoms with van der Waals surface area (Å²) in [5.41, 5.74) is 4.17. The van der Waals surface area contributed by atoms with E-state index in [0.29, 0.717) is 17.9 Å². The maximum Gasteiger partial charge on any atom is 0.241 e. The quantitative estimate of drug-likeness (QED) is 0.556. The van der Waals surface area contributed by atoms with Gasteiger partial charge in [0.25, 0.3) is 0 Å². The molecule has 0 unspecified atom stereocenters. The van der Waals surface area contributed by atoms with E-state index < -0.39 is 0 Å². The van der Waals surface area contributed by atoms with E-state index in [1.54, 1.807) is 7.11 Å². The van der Waals surface area contributed by atoms with E-state index in [1.165, 1.54) is 0 Å². The molecule has 0 saturated heterocycles. The lowest BCUT2D eigenvalue weighted by molar-refractivity contribution is 0.104. The molecule has 0 aromatic carbocycles. The van der Waals surface area contributed by atoms with Crippen LogP contribution in [0, 0.1) is 5.92 Å². The van der Waals surface area contributed by atoms with Crippen LogP contribution in [0.1, 0.15) is 25.5 Å². The summed E-state index contributed by atoms with van der Waals surface area (Å²) >= 11 is 0. The third-order valence-electron chi connectivity index (χ3n) is 5.50. The highest BCUT2D eigenvalue weighted by Gasteiger charge is 2.29. The van der Waals surface area contributed by atoms with Crippen LogP contribution in [-0.2, 0) is 11.2 Å². The van der Waals surface area contributed by atoms with E-state index in [2.05, 4.69) is 44.6 Å². The van der Waals surface area contributed by atoms with Gasteiger partial charge in [-0.15, -0.1) is 5.10 Å². The number of imidazole rings is 1. The average molecular weight is 377 g/mol. The van der Waals surface area contributed by atoms with Gasteiger partial charge >= 0.3 is 0 Å². The van der Waals surface area contributed by atoms with Crippen LogP contribution in [0.25, 0.3) is 22.4 Å². The largest absolute Gasteiger partial charge is 0.384 e. The van der Waals surface area contributed by atoms with Gasteiger partial charge in [-0.2, -0.15) is 0 Å². The number of ether oxygens (including phenoxy) is 1. The minimum absolute atomic E-state index is 0.424. The normalized spacial score (nSPS) is 19.2. The Morgan fingerprint density at radius 1 is 1.18 bits per heavy atom. The molecule has 0 radical (unpaired) electrons. The molecule has 4 aromatic rings. The maximum absolute atomic E-state index is 5.21. The Balaban J connectivity index is 1.41. The Morgan fingerprint density at radius 2 is 2.04 bits per heavy atom. The Morgan fingerprint density at radius 3 is 2.86 bits per heavy atom. The van der Waals surface area contributed by atoms with Gasteiger partial charge in [-0.25, -0.2) is 19.5 Å². The average Bonchev–Trinajstić information content (AvgIpc) is 3.29. The standard InChI is InChI=1S/C20H23N7O/c1-3-16-9-23-20-22-8-14(11-26(16)20)17-4-5-27-18(17)10-21-19(25-27)24-15-6-13(7-15)12-28-2/h4-5,8-11,13,15H,3,6-7,12H2,1-2H3,(H,24,25). The minimum atomic E-state index is 0.424. The van der Waals surface area contributed by atoms with Crippen molar-refractivity contribution in [2.24, 2.45) is 5.92 Å². The Labute approximate surface area is 162 Å². The van der Waals surface area contributed by atoms with Crippen molar-refractivity contribution in [3.63, 3.8) is 0 Å². The number of methoxy groups -OCH3 is 1. The number of fused-ring (bicyclic) bond motifs is 2. The van der Waals surface area contributed by atoms with Crippen molar-refractivity contribution in [3.05, 3.63) is 42.7 Å². The molecule has 1 N–H and O–H groups in total. The topological polar surface area (TPSA) is 81.6 Å². The van der Waals surface area contributed by atoms with Crippen LogP contribution in [0.4, 0.5) is 5.95 Å². The number of aromatic nitrogens is 6. The molecule has 8 heteroatoms. The number of anilines is 1. The summed E-state index contributed by atoms with van der Waals surface area (Å²) in [5, 5.41) is 8.04. The van der Waals surface area contributed by atoms with Gasteiger partial charge in [0.05, 0.1) is 17.9 Å². The Bertz CT molecular complexity index is 1130. The SMILES string of the molecule is CCc1cnc2ncc(-c3ccn4nc(NC5CC(COC)C5)ncc34)cn12. The van der Waals surface area contributed by atoms with Gasteiger partial charge in [0, 0.05) is 55.2 Å². The molecule has 4 aromatic heterocycles. The first-order valence-corrected chi connectivity index (χ1v) is 9.67. The summed E-state index contributed by atoms with van der Waals surface area (Å²) < 4.78 is 9.12. The van der Waals surface area contributed by atoms with Crippen LogP contribution in [-0.4, -0.2) is 48.7 Å². The van der Waals surface area contributed by atoms with Crippen LogP contribution in [0.15, 0.2) is 37.1 Å². The van der Waals surface area contributed by atoms with Crippen molar-refractivity contribution in [1.82, 2.24) is 29.0 Å². The molecule has 28 heavy (non-hydrogen) atoms. The van der Waals surface area contributed by atoms with Crippen molar-refractivity contribution in [1.29, 1.82) is 0 Å². The molecule has 0 spiro atoms. The number of nitrogens with one attached hydrogen (secondary N) is 1. The van der Waals surface area contributed by atoms with Crippen LogP contribution in [0.2, 0.25) is 0 Å². The predicted octanol–water partition coefficient (Wildman–Crippen LogP) is 2.84. The predicted molar refractivity (Wildman–Crippen MR) is 106 cm³/mol. The fraction of sp³-hybridized carbons (Fsp3) is 0.400. The molecule has 0 bridgehead atoms. The lowest BCUT2D eigenvalue weighted by Gasteiger charge is -2.35. The van der Waals surface area contributed by atoms with E-state index >= 15 is 0 Å². The smallest absolute Gasteiger partial charge is 0.241 e. The van der Waals surface area contributed by atoms with Crippen LogP contribution in [0.3, 0.4) is 0 Å². The lowest BCUT2D eigenvalue weighted by Crippen LogP contribution is -2.38. The summed E-state index contributed by atoms with van der Waals surface area (Å²) in [6, 6.07) is 2.48. The minimum Gasteiger partial charge on any atom is -0.384 e. The zero-order chi connectivity index (χ0) is 19.1. The Hall–Kier alpha value is -3.00. The third kappa shape index (κ3) is 2.90. The first kappa shape index (κ1) is 17.1. The molecule has 0 atom stereocenters. The molecule has 0 aliphatic heterocycles. The highest BCUT2D eigenvalue weighted by molar-refractivity contribution is 5.79. The molecule has 1 saturated carbocycles. The second-order valence-electron chi connectivity index (χ2n) is 7.39. The first-order valence-electron chi connectivity index (χ1n) is 9.67. The van der Waals surface area contributed by atoms with E-state index in [4.69, 9.17) is 4.74 Å². The second kappa shape index (κ2) is 6.87. The molecule has 8 nitrogen and oxygen atoms in total. The molecule has 1 aliphatic rings. The lowest BCUT2D eigenvalue weighted by atomic mass is 9.81. The van der Waals surface area contributed by atoms with Crippen LogP contribution < -0.4 is 5.32 Å². The van der Waals surface area contributed by atoms with Crippen molar-refractivity contribution < 1.29 is 4.74 Å². The molecule has 5 rings (SSSR count). The summed E-state index contributed by atoms with van der Waals surface area (Å²) in [5.74, 6) is 2.02. The highest BCUT2D eigenvalue weighted by Crippen LogP contribution is 2.30. The van der Waals surface area contributed by atoms with E-state index in [1.807, 2.05) is 33.7 Å². The number of aryl methyl sites for hydroxylation is 1. The van der Waals surface area contributed by atoms with Crippen LogP contribution >= 0.6 is 0 Å². The highest BCUT2D eigenvalue weighted by atomic mass is 16.5. The van der Waals surface area contributed by atoms with Gasteiger partial charge in [0.15, 0.2) is 0 Å². The maximum atomic E-state index is 5.21. The molecule has 4 heterocycles. The number of hydrogen-bond donors (Lipinski definition) is 1. The van der Waals surface area contributed by atoms with Gasteiger partial charge < -0.3 is 10.1 Å². The van der Waals surface area contributed by atoms with Gasteiger partial charge in [0.1, 0.15) is 0 Å². The molecule has 1 fully saturated rings. The fourth-order valence-corrected chi connectivity index (χ4v) is 3.94. The Kier molecular flexibility index (Phi) is 4.20. The van der Waals surface area contributed by atoms with Crippen molar-refractivity contribution in [3.8, 4) is 11.1 Å². The summed E-state index contributed by atoms with van der Waals surface area (Å²) in [6.45, 7) is 2.94. The van der Waals surface area contributed by atoms with Crippen molar-refractivity contribution in [2.45, 2.75) is 32.2 Å². The number of hydrogen-bond acceptors (Lipinski definition) is 6. The van der Waals surface area contributed by atoms with Gasteiger partial charge in [-0.05, 0) is 31.2 Å². The molecular weight excluding hydrogens is 354 g/mol. The second-order valence-corrected chi connectivity index (χ2v) is 7.39.